The molecule has 1 aromatic carbocycles. The maximum Gasteiger partial charge on any atom is 0.106 e. The second-order valence-corrected chi connectivity index (χ2v) is 3.99. The molecule has 1 heterocycles. The second kappa shape index (κ2) is 2.73. The number of aryl methyl sites for hydroxylation is 2. The van der Waals surface area contributed by atoms with Gasteiger partial charge in [-0.2, -0.15) is 0 Å². The Bertz CT molecular complexity index is 431. The van der Waals surface area contributed by atoms with Crippen LogP contribution in [-0.2, 0) is 7.05 Å². The average molecular weight is 272 g/mol. The normalized spacial score (nSPS) is 10.9. The first-order valence-electron chi connectivity index (χ1n) is 3.77. The Labute approximate surface area is 84.7 Å². The summed E-state index contributed by atoms with van der Waals surface area (Å²) in [5.41, 5.74) is 2.32. The minimum Gasteiger partial charge on any atom is -0.331 e. The van der Waals surface area contributed by atoms with Crippen LogP contribution in [0, 0.1) is 10.5 Å². The first-order chi connectivity index (χ1) is 5.70. The summed E-state index contributed by atoms with van der Waals surface area (Å²) >= 11 is 2.31. The van der Waals surface area contributed by atoms with Crippen molar-refractivity contribution in [3.63, 3.8) is 0 Å². The first-order valence-corrected chi connectivity index (χ1v) is 4.85. The van der Waals surface area contributed by atoms with E-state index >= 15 is 0 Å². The highest BCUT2D eigenvalue weighted by Gasteiger charge is 2.05. The molecule has 0 unspecified atom stereocenters. The molecule has 2 aromatic rings. The van der Waals surface area contributed by atoms with E-state index < -0.39 is 0 Å². The Morgan fingerprint density at radius 2 is 2.17 bits per heavy atom. The van der Waals surface area contributed by atoms with Gasteiger partial charge >= 0.3 is 0 Å². The molecule has 0 saturated carbocycles. The van der Waals surface area contributed by atoms with Crippen molar-refractivity contribution in [3.05, 3.63) is 27.6 Å². The molecule has 0 fully saturated rings. The zero-order valence-electron chi connectivity index (χ0n) is 7.00. The van der Waals surface area contributed by atoms with E-state index in [1.165, 1.54) is 9.09 Å². The second-order valence-electron chi connectivity index (χ2n) is 2.83. The van der Waals surface area contributed by atoms with Gasteiger partial charge in [0.2, 0.25) is 0 Å². The molecule has 0 radical (unpaired) electrons. The standard InChI is InChI=1S/C9H9IN2/c1-6-11-9-7(10)4-3-5-8(9)12(6)2/h3-5H,1-2H3. The molecule has 3 heteroatoms. The molecule has 0 aliphatic carbocycles. The summed E-state index contributed by atoms with van der Waals surface area (Å²) in [4.78, 5) is 4.47. The molecular weight excluding hydrogens is 263 g/mol. The van der Waals surface area contributed by atoms with Crippen LogP contribution in [0.15, 0.2) is 18.2 Å². The van der Waals surface area contributed by atoms with Crippen LogP contribution in [0.2, 0.25) is 0 Å². The SMILES string of the molecule is Cc1nc2c(I)cccc2n1C. The number of benzene rings is 1. The first kappa shape index (κ1) is 8.04. The van der Waals surface area contributed by atoms with Crippen molar-refractivity contribution < 1.29 is 0 Å². The molecule has 0 saturated heterocycles. The highest BCUT2D eigenvalue weighted by molar-refractivity contribution is 14.1. The fraction of sp³-hybridized carbons (Fsp3) is 0.222. The van der Waals surface area contributed by atoms with Crippen molar-refractivity contribution in [3.8, 4) is 0 Å². The van der Waals surface area contributed by atoms with Crippen molar-refractivity contribution >= 4 is 33.6 Å². The van der Waals surface area contributed by atoms with E-state index in [0.29, 0.717) is 0 Å². The number of rotatable bonds is 0. The summed E-state index contributed by atoms with van der Waals surface area (Å²) in [5.74, 6) is 1.06. The smallest absolute Gasteiger partial charge is 0.106 e. The number of halogens is 1. The summed E-state index contributed by atoms with van der Waals surface area (Å²) in [6.07, 6.45) is 0. The summed E-state index contributed by atoms with van der Waals surface area (Å²) in [5, 5.41) is 0. The molecule has 12 heavy (non-hydrogen) atoms. The van der Waals surface area contributed by atoms with E-state index in [0.717, 1.165) is 11.3 Å². The van der Waals surface area contributed by atoms with E-state index in [2.05, 4.69) is 50.3 Å². The van der Waals surface area contributed by atoms with E-state index in [4.69, 9.17) is 0 Å². The fourth-order valence-corrected chi connectivity index (χ4v) is 1.90. The van der Waals surface area contributed by atoms with Crippen LogP contribution in [0.4, 0.5) is 0 Å². The fourth-order valence-electron chi connectivity index (χ4n) is 1.30. The minimum atomic E-state index is 1.06. The Hall–Kier alpha value is -0.580. The van der Waals surface area contributed by atoms with Gasteiger partial charge in [-0.1, -0.05) is 6.07 Å². The maximum absolute atomic E-state index is 4.47. The highest BCUT2D eigenvalue weighted by atomic mass is 127. The van der Waals surface area contributed by atoms with Gasteiger partial charge in [-0.25, -0.2) is 4.98 Å². The molecule has 0 aliphatic rings. The summed E-state index contributed by atoms with van der Waals surface area (Å²) < 4.78 is 3.33. The predicted molar refractivity (Wildman–Crippen MR) is 58.2 cm³/mol. The molecule has 0 bridgehead atoms. The Kier molecular flexibility index (Phi) is 1.83. The van der Waals surface area contributed by atoms with Crippen LogP contribution < -0.4 is 0 Å². The number of fused-ring (bicyclic) bond motifs is 1. The lowest BCUT2D eigenvalue weighted by molar-refractivity contribution is 0.886. The van der Waals surface area contributed by atoms with E-state index in [9.17, 15) is 0 Å². The summed E-state index contributed by atoms with van der Waals surface area (Å²) in [7, 11) is 2.04. The lowest BCUT2D eigenvalue weighted by Crippen LogP contribution is -1.89. The van der Waals surface area contributed by atoms with Crippen LogP contribution >= 0.6 is 22.6 Å². The minimum absolute atomic E-state index is 1.06. The molecule has 0 amide bonds. The average Bonchev–Trinajstić information content (AvgIpc) is 2.32. The van der Waals surface area contributed by atoms with Crippen molar-refractivity contribution in [1.82, 2.24) is 9.55 Å². The number of hydrogen-bond acceptors (Lipinski definition) is 1. The highest BCUT2D eigenvalue weighted by Crippen LogP contribution is 2.19. The largest absolute Gasteiger partial charge is 0.331 e. The zero-order chi connectivity index (χ0) is 8.72. The van der Waals surface area contributed by atoms with Gasteiger partial charge in [0, 0.05) is 10.6 Å². The third kappa shape index (κ3) is 1.03. The van der Waals surface area contributed by atoms with Gasteiger partial charge < -0.3 is 4.57 Å². The van der Waals surface area contributed by atoms with E-state index in [-0.39, 0.29) is 0 Å². The van der Waals surface area contributed by atoms with Crippen molar-refractivity contribution in [2.45, 2.75) is 6.92 Å². The third-order valence-corrected chi connectivity index (χ3v) is 2.96. The molecule has 0 spiro atoms. The summed E-state index contributed by atoms with van der Waals surface area (Å²) in [6, 6.07) is 6.23. The van der Waals surface area contributed by atoms with Crippen molar-refractivity contribution in [1.29, 1.82) is 0 Å². The molecule has 2 nitrogen and oxygen atoms in total. The molecule has 0 N–H and O–H groups in total. The Morgan fingerprint density at radius 1 is 1.42 bits per heavy atom. The molecule has 0 aliphatic heterocycles. The topological polar surface area (TPSA) is 17.8 Å². The van der Waals surface area contributed by atoms with Crippen LogP contribution in [0.1, 0.15) is 5.82 Å². The number of aromatic nitrogens is 2. The molecule has 0 atom stereocenters. The number of para-hydroxylation sites is 1. The van der Waals surface area contributed by atoms with Crippen molar-refractivity contribution in [2.24, 2.45) is 7.05 Å². The zero-order valence-corrected chi connectivity index (χ0v) is 9.16. The lowest BCUT2D eigenvalue weighted by atomic mass is 10.3. The van der Waals surface area contributed by atoms with E-state index in [1.807, 2.05) is 14.0 Å². The van der Waals surface area contributed by atoms with Gasteiger partial charge in [-0.05, 0) is 41.6 Å². The van der Waals surface area contributed by atoms with Gasteiger partial charge in [0.25, 0.3) is 0 Å². The van der Waals surface area contributed by atoms with Gasteiger partial charge in [0.1, 0.15) is 11.3 Å². The van der Waals surface area contributed by atoms with Crippen LogP contribution in [0.5, 0.6) is 0 Å². The van der Waals surface area contributed by atoms with E-state index in [1.54, 1.807) is 0 Å². The predicted octanol–water partition coefficient (Wildman–Crippen LogP) is 2.49. The van der Waals surface area contributed by atoms with Gasteiger partial charge in [0.05, 0.1) is 5.52 Å². The van der Waals surface area contributed by atoms with Crippen LogP contribution in [0.3, 0.4) is 0 Å². The lowest BCUT2D eigenvalue weighted by Gasteiger charge is -1.95. The van der Waals surface area contributed by atoms with Crippen LogP contribution in [0.25, 0.3) is 11.0 Å². The monoisotopic (exact) mass is 272 g/mol. The molecule has 62 valence electrons. The number of hydrogen-bond donors (Lipinski definition) is 0. The van der Waals surface area contributed by atoms with Crippen LogP contribution in [-0.4, -0.2) is 9.55 Å². The van der Waals surface area contributed by atoms with Gasteiger partial charge in [-0.3, -0.25) is 0 Å². The maximum atomic E-state index is 4.47. The molecular formula is C9H9IN2. The van der Waals surface area contributed by atoms with Gasteiger partial charge in [0.15, 0.2) is 0 Å². The summed E-state index contributed by atoms with van der Waals surface area (Å²) in [6.45, 7) is 2.02. The number of imidazole rings is 1. The molecule has 2 rings (SSSR count). The Morgan fingerprint density at radius 3 is 2.83 bits per heavy atom. The van der Waals surface area contributed by atoms with Gasteiger partial charge in [-0.15, -0.1) is 0 Å². The number of nitrogens with zero attached hydrogens (tertiary/aromatic N) is 2. The third-order valence-electron chi connectivity index (χ3n) is 2.09. The quantitative estimate of drug-likeness (QED) is 0.674. The Balaban J connectivity index is 2.95. The molecule has 1 aromatic heterocycles. The van der Waals surface area contributed by atoms with Crippen molar-refractivity contribution in [2.75, 3.05) is 0 Å².